The van der Waals surface area contributed by atoms with Crippen LogP contribution in [0.25, 0.3) is 10.9 Å². The van der Waals surface area contributed by atoms with Gasteiger partial charge in [-0.15, -0.1) is 0 Å². The van der Waals surface area contributed by atoms with Crippen LogP contribution in [0.3, 0.4) is 0 Å². The van der Waals surface area contributed by atoms with Gasteiger partial charge in [0.2, 0.25) is 0 Å². The third-order valence-electron chi connectivity index (χ3n) is 2.22. The van der Waals surface area contributed by atoms with Crippen LogP contribution in [0, 0.1) is 0 Å². The van der Waals surface area contributed by atoms with E-state index in [0.717, 1.165) is 5.39 Å². The summed E-state index contributed by atoms with van der Waals surface area (Å²) in [7, 11) is 0. The standard InChI is InChI=1S/C12H11ClN2O3/c1-2-17-11(16)6-18-8-3-4-9-10(5-8)14-7-15-12(9)13/h3-5,7H,2,6H2,1H3. The molecule has 1 heterocycles. The van der Waals surface area contributed by atoms with E-state index in [-0.39, 0.29) is 6.61 Å². The zero-order valence-electron chi connectivity index (χ0n) is 9.72. The first-order valence-electron chi connectivity index (χ1n) is 5.39. The van der Waals surface area contributed by atoms with Crippen molar-refractivity contribution in [3.05, 3.63) is 29.7 Å². The third kappa shape index (κ3) is 2.87. The van der Waals surface area contributed by atoms with Gasteiger partial charge >= 0.3 is 5.97 Å². The minimum atomic E-state index is -0.404. The average molecular weight is 267 g/mol. The summed E-state index contributed by atoms with van der Waals surface area (Å²) in [6.45, 7) is 1.95. The highest BCUT2D eigenvalue weighted by molar-refractivity contribution is 6.34. The quantitative estimate of drug-likeness (QED) is 0.627. The van der Waals surface area contributed by atoms with Crippen LogP contribution in [0.4, 0.5) is 0 Å². The number of aromatic nitrogens is 2. The maximum absolute atomic E-state index is 11.1. The molecule has 0 amide bonds. The van der Waals surface area contributed by atoms with Crippen LogP contribution in [-0.2, 0) is 9.53 Å². The van der Waals surface area contributed by atoms with Gasteiger partial charge in [-0.25, -0.2) is 14.8 Å². The molecule has 18 heavy (non-hydrogen) atoms. The Morgan fingerprint density at radius 2 is 2.22 bits per heavy atom. The second-order valence-corrected chi connectivity index (χ2v) is 3.80. The summed E-state index contributed by atoms with van der Waals surface area (Å²) in [6, 6.07) is 5.15. The van der Waals surface area contributed by atoms with Gasteiger partial charge in [-0.1, -0.05) is 11.6 Å². The smallest absolute Gasteiger partial charge is 0.344 e. The Morgan fingerprint density at radius 1 is 1.39 bits per heavy atom. The average Bonchev–Trinajstić information content (AvgIpc) is 2.37. The van der Waals surface area contributed by atoms with E-state index >= 15 is 0 Å². The molecule has 0 aliphatic heterocycles. The minimum Gasteiger partial charge on any atom is -0.482 e. The Balaban J connectivity index is 2.13. The highest BCUT2D eigenvalue weighted by atomic mass is 35.5. The summed E-state index contributed by atoms with van der Waals surface area (Å²) in [6.07, 6.45) is 1.37. The van der Waals surface area contributed by atoms with E-state index in [1.165, 1.54) is 6.33 Å². The Hall–Kier alpha value is -1.88. The maximum Gasteiger partial charge on any atom is 0.344 e. The fourth-order valence-electron chi connectivity index (χ4n) is 1.44. The van der Waals surface area contributed by atoms with Crippen molar-refractivity contribution in [1.82, 2.24) is 9.97 Å². The van der Waals surface area contributed by atoms with Crippen LogP contribution >= 0.6 is 11.6 Å². The number of ether oxygens (including phenoxy) is 2. The number of carbonyl (C=O) groups excluding carboxylic acids is 1. The van der Waals surface area contributed by atoms with Crippen molar-refractivity contribution in [3.63, 3.8) is 0 Å². The molecule has 0 spiro atoms. The second kappa shape index (κ2) is 5.64. The lowest BCUT2D eigenvalue weighted by Crippen LogP contribution is -2.14. The number of halogens is 1. The summed E-state index contributed by atoms with van der Waals surface area (Å²) in [5.41, 5.74) is 0.663. The number of nitrogens with zero attached hydrogens (tertiary/aromatic N) is 2. The highest BCUT2D eigenvalue weighted by Crippen LogP contribution is 2.23. The number of benzene rings is 1. The van der Waals surface area contributed by atoms with E-state index in [1.54, 1.807) is 25.1 Å². The topological polar surface area (TPSA) is 61.3 Å². The van der Waals surface area contributed by atoms with E-state index < -0.39 is 5.97 Å². The van der Waals surface area contributed by atoms with Gasteiger partial charge in [-0.3, -0.25) is 0 Å². The fourth-order valence-corrected chi connectivity index (χ4v) is 1.64. The number of esters is 1. The molecule has 0 fully saturated rings. The molecule has 0 N–H and O–H groups in total. The van der Waals surface area contributed by atoms with Gasteiger partial charge in [0.05, 0.1) is 12.1 Å². The zero-order valence-corrected chi connectivity index (χ0v) is 10.5. The molecule has 5 nitrogen and oxygen atoms in total. The molecule has 0 saturated heterocycles. The van der Waals surface area contributed by atoms with Crippen molar-refractivity contribution in [2.75, 3.05) is 13.2 Å². The first kappa shape index (κ1) is 12.6. The van der Waals surface area contributed by atoms with E-state index in [4.69, 9.17) is 21.1 Å². The van der Waals surface area contributed by atoms with E-state index in [1.807, 2.05) is 0 Å². The molecule has 6 heteroatoms. The first-order chi connectivity index (χ1) is 8.70. The van der Waals surface area contributed by atoms with E-state index in [9.17, 15) is 4.79 Å². The van der Waals surface area contributed by atoms with Crippen LogP contribution in [0.1, 0.15) is 6.92 Å². The van der Waals surface area contributed by atoms with Gasteiger partial charge in [-0.2, -0.15) is 0 Å². The lowest BCUT2D eigenvalue weighted by molar-refractivity contribution is -0.145. The number of hydrogen-bond donors (Lipinski definition) is 0. The van der Waals surface area contributed by atoms with Gasteiger partial charge in [0, 0.05) is 11.5 Å². The second-order valence-electron chi connectivity index (χ2n) is 3.44. The van der Waals surface area contributed by atoms with Gasteiger partial charge < -0.3 is 9.47 Å². The van der Waals surface area contributed by atoms with Gasteiger partial charge in [0.15, 0.2) is 6.61 Å². The predicted molar refractivity (Wildman–Crippen MR) is 66.7 cm³/mol. The molecule has 0 saturated carbocycles. The number of fused-ring (bicyclic) bond motifs is 1. The molecule has 1 aromatic carbocycles. The largest absolute Gasteiger partial charge is 0.482 e. The molecule has 2 rings (SSSR count). The molecule has 1 aromatic heterocycles. The normalized spacial score (nSPS) is 10.3. The lowest BCUT2D eigenvalue weighted by atomic mass is 10.2. The third-order valence-corrected chi connectivity index (χ3v) is 2.52. The van der Waals surface area contributed by atoms with Gasteiger partial charge in [0.25, 0.3) is 0 Å². The molecule has 94 valence electrons. The molecule has 0 bridgehead atoms. The predicted octanol–water partition coefficient (Wildman–Crippen LogP) is 2.23. The molecule has 0 unspecified atom stereocenters. The fraction of sp³-hybridized carbons (Fsp3) is 0.250. The summed E-state index contributed by atoms with van der Waals surface area (Å²) in [4.78, 5) is 19.1. The van der Waals surface area contributed by atoms with E-state index in [2.05, 4.69) is 9.97 Å². The molecular formula is C12H11ClN2O3. The molecule has 0 aliphatic carbocycles. The number of hydrogen-bond acceptors (Lipinski definition) is 5. The van der Waals surface area contributed by atoms with Crippen LogP contribution in [0.2, 0.25) is 5.15 Å². The summed E-state index contributed by atoms with van der Waals surface area (Å²) < 4.78 is 10.0. The highest BCUT2D eigenvalue weighted by Gasteiger charge is 2.06. The molecule has 0 radical (unpaired) electrons. The summed E-state index contributed by atoms with van der Waals surface area (Å²) in [5, 5.41) is 1.12. The summed E-state index contributed by atoms with van der Waals surface area (Å²) in [5.74, 6) is 0.128. The SMILES string of the molecule is CCOC(=O)COc1ccc2c(Cl)ncnc2c1. The zero-order chi connectivity index (χ0) is 13.0. The molecule has 2 aromatic rings. The number of carbonyl (C=O) groups is 1. The van der Waals surface area contributed by atoms with Crippen LogP contribution in [0.5, 0.6) is 5.75 Å². The van der Waals surface area contributed by atoms with Gasteiger partial charge in [-0.05, 0) is 19.1 Å². The van der Waals surface area contributed by atoms with Crippen LogP contribution in [0.15, 0.2) is 24.5 Å². The van der Waals surface area contributed by atoms with Gasteiger partial charge in [0.1, 0.15) is 17.2 Å². The number of rotatable bonds is 4. The summed E-state index contributed by atoms with van der Waals surface area (Å²) >= 11 is 5.91. The van der Waals surface area contributed by atoms with Crippen molar-refractivity contribution >= 4 is 28.5 Å². The first-order valence-corrected chi connectivity index (χ1v) is 5.77. The van der Waals surface area contributed by atoms with Crippen molar-refractivity contribution in [3.8, 4) is 5.75 Å². The molecule has 0 atom stereocenters. The molecule has 0 aliphatic rings. The van der Waals surface area contributed by atoms with Crippen LogP contribution < -0.4 is 4.74 Å². The van der Waals surface area contributed by atoms with E-state index in [0.29, 0.717) is 23.0 Å². The van der Waals surface area contributed by atoms with Crippen LogP contribution in [-0.4, -0.2) is 29.2 Å². The van der Waals surface area contributed by atoms with Crippen molar-refractivity contribution in [2.45, 2.75) is 6.92 Å². The Kier molecular flexibility index (Phi) is 3.94. The minimum absolute atomic E-state index is 0.127. The van der Waals surface area contributed by atoms with Crippen molar-refractivity contribution in [2.24, 2.45) is 0 Å². The molecular weight excluding hydrogens is 256 g/mol. The maximum atomic E-state index is 11.1. The van der Waals surface area contributed by atoms with Crippen molar-refractivity contribution < 1.29 is 14.3 Å². The Bertz CT molecular complexity index is 574. The monoisotopic (exact) mass is 266 g/mol. The lowest BCUT2D eigenvalue weighted by Gasteiger charge is -2.06. The Morgan fingerprint density at radius 3 is 3.00 bits per heavy atom. The van der Waals surface area contributed by atoms with Crippen molar-refractivity contribution in [1.29, 1.82) is 0 Å². The Labute approximate surface area is 109 Å².